The van der Waals surface area contributed by atoms with Crippen LogP contribution in [0.5, 0.6) is 0 Å². The van der Waals surface area contributed by atoms with Gasteiger partial charge in [0.15, 0.2) is 5.58 Å². The Morgan fingerprint density at radius 3 is 2.61 bits per heavy atom. The minimum Gasteiger partial charge on any atom is -0.354 e. The molecule has 0 atom stereocenters. The lowest BCUT2D eigenvalue weighted by Gasteiger charge is -2.06. The topological polar surface area (TPSA) is 64.7 Å². The molecule has 0 amide bonds. The van der Waals surface area contributed by atoms with Gasteiger partial charge in [-0.1, -0.05) is 11.2 Å². The van der Waals surface area contributed by atoms with Crippen LogP contribution in [0.25, 0.3) is 33.6 Å². The number of nitrogens with zero attached hydrogens (tertiary/aromatic N) is 4. The molecule has 0 radical (unpaired) electrons. The molecule has 4 aromatic rings. The maximum absolute atomic E-state index is 5.51. The van der Waals surface area contributed by atoms with E-state index in [0.717, 1.165) is 39.4 Å². The van der Waals surface area contributed by atoms with Crippen LogP contribution in [0, 0.1) is 13.8 Å². The van der Waals surface area contributed by atoms with Gasteiger partial charge in [-0.05, 0) is 49.7 Å². The van der Waals surface area contributed by atoms with E-state index >= 15 is 0 Å². The molecule has 0 saturated heterocycles. The highest BCUT2D eigenvalue weighted by Gasteiger charge is 2.16. The van der Waals surface area contributed by atoms with Gasteiger partial charge < -0.3 is 4.52 Å². The molecular formula is C18H14N4O. The fraction of sp³-hybridized carbons (Fsp3) is 0.111. The summed E-state index contributed by atoms with van der Waals surface area (Å²) in [4.78, 5) is 13.3. The monoisotopic (exact) mass is 302 g/mol. The Morgan fingerprint density at radius 1 is 0.913 bits per heavy atom. The molecule has 4 aromatic heterocycles. The summed E-state index contributed by atoms with van der Waals surface area (Å²) in [6, 6.07) is 11.8. The van der Waals surface area contributed by atoms with Gasteiger partial charge in [-0.2, -0.15) is 0 Å². The van der Waals surface area contributed by atoms with Gasteiger partial charge in [0.1, 0.15) is 11.2 Å². The molecule has 5 heteroatoms. The molecule has 4 heterocycles. The number of hydrogen-bond donors (Lipinski definition) is 0. The second-order valence-corrected chi connectivity index (χ2v) is 5.40. The summed E-state index contributed by atoms with van der Waals surface area (Å²) in [6.45, 7) is 3.86. The van der Waals surface area contributed by atoms with Crippen LogP contribution in [0.4, 0.5) is 0 Å². The zero-order valence-electron chi connectivity index (χ0n) is 12.8. The lowest BCUT2D eigenvalue weighted by Crippen LogP contribution is -1.91. The highest BCUT2D eigenvalue weighted by atomic mass is 16.5. The number of hydrogen-bond acceptors (Lipinski definition) is 5. The van der Waals surface area contributed by atoms with Crippen molar-refractivity contribution in [1.82, 2.24) is 20.1 Å². The van der Waals surface area contributed by atoms with E-state index in [4.69, 9.17) is 4.52 Å². The molecule has 0 bridgehead atoms. The maximum Gasteiger partial charge on any atom is 0.193 e. The van der Waals surface area contributed by atoms with Crippen LogP contribution in [0.3, 0.4) is 0 Å². The minimum absolute atomic E-state index is 0.688. The highest BCUT2D eigenvalue weighted by molar-refractivity contribution is 5.93. The Hall–Kier alpha value is -3.08. The van der Waals surface area contributed by atoms with E-state index in [1.54, 1.807) is 12.4 Å². The number of aromatic nitrogens is 4. The lowest BCUT2D eigenvalue weighted by atomic mass is 10.0. The van der Waals surface area contributed by atoms with E-state index in [-0.39, 0.29) is 0 Å². The summed E-state index contributed by atoms with van der Waals surface area (Å²) < 4.78 is 5.51. The van der Waals surface area contributed by atoms with E-state index in [1.165, 1.54) is 0 Å². The quantitative estimate of drug-likeness (QED) is 0.560. The van der Waals surface area contributed by atoms with E-state index < -0.39 is 0 Å². The highest BCUT2D eigenvalue weighted by Crippen LogP contribution is 2.32. The van der Waals surface area contributed by atoms with Gasteiger partial charge in [-0.25, -0.2) is 4.98 Å². The van der Waals surface area contributed by atoms with Gasteiger partial charge in [-0.15, -0.1) is 0 Å². The molecular weight excluding hydrogens is 288 g/mol. The molecule has 112 valence electrons. The number of rotatable bonds is 2. The number of fused-ring (bicyclic) bond motifs is 1. The van der Waals surface area contributed by atoms with E-state index in [0.29, 0.717) is 5.58 Å². The van der Waals surface area contributed by atoms with Crippen LogP contribution >= 0.6 is 0 Å². The Morgan fingerprint density at radius 2 is 1.83 bits per heavy atom. The summed E-state index contributed by atoms with van der Waals surface area (Å²) in [5.74, 6) is 0. The molecule has 0 spiro atoms. The minimum atomic E-state index is 0.688. The first-order chi connectivity index (χ1) is 11.2. The fourth-order valence-electron chi connectivity index (χ4n) is 2.60. The van der Waals surface area contributed by atoms with Crippen molar-refractivity contribution >= 4 is 11.1 Å². The van der Waals surface area contributed by atoms with Gasteiger partial charge in [0.05, 0.1) is 11.4 Å². The normalized spacial score (nSPS) is 11.0. The molecule has 0 fully saturated rings. The van der Waals surface area contributed by atoms with Crippen LogP contribution in [0.2, 0.25) is 0 Å². The second kappa shape index (κ2) is 5.28. The zero-order valence-corrected chi connectivity index (χ0v) is 12.8. The van der Waals surface area contributed by atoms with Crippen molar-refractivity contribution in [3.63, 3.8) is 0 Å². The van der Waals surface area contributed by atoms with E-state index in [1.807, 2.05) is 50.2 Å². The number of pyridine rings is 3. The van der Waals surface area contributed by atoms with Gasteiger partial charge in [0.2, 0.25) is 0 Å². The van der Waals surface area contributed by atoms with E-state index in [9.17, 15) is 0 Å². The van der Waals surface area contributed by atoms with Crippen molar-refractivity contribution in [2.75, 3.05) is 0 Å². The van der Waals surface area contributed by atoms with E-state index in [2.05, 4.69) is 20.1 Å². The first kappa shape index (κ1) is 13.6. The van der Waals surface area contributed by atoms with Crippen LogP contribution in [0.1, 0.15) is 11.4 Å². The lowest BCUT2D eigenvalue weighted by molar-refractivity contribution is 0.451. The Bertz CT molecular complexity index is 993. The molecule has 0 aromatic carbocycles. The predicted molar refractivity (Wildman–Crippen MR) is 87.7 cm³/mol. The summed E-state index contributed by atoms with van der Waals surface area (Å²) in [7, 11) is 0. The first-order valence-electron chi connectivity index (χ1n) is 7.34. The van der Waals surface area contributed by atoms with Crippen molar-refractivity contribution in [2.45, 2.75) is 13.8 Å². The molecule has 0 aliphatic rings. The molecule has 0 unspecified atom stereocenters. The Kier molecular flexibility index (Phi) is 3.12. The van der Waals surface area contributed by atoms with Crippen LogP contribution in [0.15, 0.2) is 53.3 Å². The molecule has 5 nitrogen and oxygen atoms in total. The van der Waals surface area contributed by atoms with Crippen molar-refractivity contribution in [2.24, 2.45) is 0 Å². The average molecular weight is 302 g/mol. The molecule has 0 aliphatic carbocycles. The summed E-state index contributed by atoms with van der Waals surface area (Å²) in [5, 5.41) is 4.07. The number of aryl methyl sites for hydroxylation is 2. The Balaban J connectivity index is 2.03. The molecule has 0 aliphatic heterocycles. The van der Waals surface area contributed by atoms with Crippen LogP contribution < -0.4 is 0 Å². The zero-order chi connectivity index (χ0) is 15.8. The van der Waals surface area contributed by atoms with Gasteiger partial charge in [0, 0.05) is 23.7 Å². The second-order valence-electron chi connectivity index (χ2n) is 5.40. The third kappa shape index (κ3) is 2.36. The van der Waals surface area contributed by atoms with Gasteiger partial charge in [0.25, 0.3) is 0 Å². The molecule has 0 N–H and O–H groups in total. The summed E-state index contributed by atoms with van der Waals surface area (Å²) in [5.41, 5.74) is 6.76. The van der Waals surface area contributed by atoms with Crippen molar-refractivity contribution in [3.05, 3.63) is 60.2 Å². The smallest absolute Gasteiger partial charge is 0.193 e. The van der Waals surface area contributed by atoms with Crippen molar-refractivity contribution < 1.29 is 4.52 Å². The molecule has 4 rings (SSSR count). The van der Waals surface area contributed by atoms with Crippen molar-refractivity contribution in [1.29, 1.82) is 0 Å². The first-order valence-corrected chi connectivity index (χ1v) is 7.34. The average Bonchev–Trinajstić information content (AvgIpc) is 2.96. The molecule has 23 heavy (non-hydrogen) atoms. The fourth-order valence-corrected chi connectivity index (χ4v) is 2.60. The standard InChI is InChI=1S/C18H14N4O/c1-11-9-13(6-8-19-11)14-10-16(15-5-3-4-7-20-15)21-17-12(2)22-23-18(14)17/h3-10H,1-2H3. The van der Waals surface area contributed by atoms with Crippen LogP contribution in [-0.4, -0.2) is 20.1 Å². The van der Waals surface area contributed by atoms with Crippen molar-refractivity contribution in [3.8, 4) is 22.5 Å². The Labute approximate surface area is 133 Å². The maximum atomic E-state index is 5.51. The van der Waals surface area contributed by atoms with Gasteiger partial charge >= 0.3 is 0 Å². The third-order valence-electron chi connectivity index (χ3n) is 3.72. The largest absolute Gasteiger partial charge is 0.354 e. The summed E-state index contributed by atoms with van der Waals surface area (Å²) >= 11 is 0. The molecule has 0 saturated carbocycles. The van der Waals surface area contributed by atoms with Crippen LogP contribution in [-0.2, 0) is 0 Å². The SMILES string of the molecule is Cc1cc(-c2cc(-c3ccccn3)nc3c(C)noc23)ccn1. The van der Waals surface area contributed by atoms with Gasteiger partial charge in [-0.3, -0.25) is 9.97 Å². The summed E-state index contributed by atoms with van der Waals surface area (Å²) in [6.07, 6.45) is 3.55. The third-order valence-corrected chi connectivity index (χ3v) is 3.72. The predicted octanol–water partition coefficient (Wildman–Crippen LogP) is 3.96.